The van der Waals surface area contributed by atoms with E-state index in [2.05, 4.69) is 5.32 Å². The van der Waals surface area contributed by atoms with Crippen molar-refractivity contribution in [2.24, 2.45) is 0 Å². The van der Waals surface area contributed by atoms with Gasteiger partial charge in [-0.15, -0.1) is 0 Å². The number of ether oxygens (including phenoxy) is 1. The van der Waals surface area contributed by atoms with Gasteiger partial charge in [0.2, 0.25) is 0 Å². The monoisotopic (exact) mass is 315 g/mol. The van der Waals surface area contributed by atoms with Crippen LogP contribution in [0.1, 0.15) is 10.4 Å². The number of para-hydroxylation sites is 1. The number of esters is 1. The van der Waals surface area contributed by atoms with Gasteiger partial charge >= 0.3 is 5.97 Å². The molecule has 0 aliphatic heterocycles. The molecule has 0 saturated heterocycles. The molecule has 1 amide bonds. The van der Waals surface area contributed by atoms with Crippen molar-refractivity contribution in [1.29, 1.82) is 0 Å². The Labute approximate surface area is 131 Å². The minimum absolute atomic E-state index is 0.0570. The molecular formula is C15H13N3O5. The highest BCUT2D eigenvalue weighted by Crippen LogP contribution is 2.22. The Kier molecular flexibility index (Phi) is 4.88. The van der Waals surface area contributed by atoms with Crippen molar-refractivity contribution in [3.8, 4) is 0 Å². The number of amides is 1. The van der Waals surface area contributed by atoms with Crippen molar-refractivity contribution >= 4 is 28.9 Å². The third-order valence-corrected chi connectivity index (χ3v) is 2.85. The molecular weight excluding hydrogens is 302 g/mol. The summed E-state index contributed by atoms with van der Waals surface area (Å²) in [5.74, 6) is -1.37. The maximum atomic E-state index is 11.8. The number of carbonyl (C=O) groups is 2. The smallest absolute Gasteiger partial charge is 0.338 e. The maximum Gasteiger partial charge on any atom is 0.338 e. The summed E-state index contributed by atoms with van der Waals surface area (Å²) in [6, 6.07) is 12.2. The number of benzene rings is 2. The number of nitrogens with zero attached hydrogens (tertiary/aromatic N) is 1. The molecule has 0 aromatic heterocycles. The molecule has 0 heterocycles. The van der Waals surface area contributed by atoms with Crippen molar-refractivity contribution in [3.63, 3.8) is 0 Å². The molecule has 0 unspecified atom stereocenters. The molecule has 3 N–H and O–H groups in total. The van der Waals surface area contributed by atoms with Crippen molar-refractivity contribution < 1.29 is 19.2 Å². The average molecular weight is 315 g/mol. The number of anilines is 2. The standard InChI is InChI=1S/C15H13N3O5/c16-12-7-6-10(8-13(12)18(21)22)15(20)23-9-14(19)17-11-4-2-1-3-5-11/h1-8H,9,16H2,(H,17,19). The number of nitro groups is 1. The van der Waals surface area contributed by atoms with Gasteiger partial charge in [0.1, 0.15) is 5.69 Å². The summed E-state index contributed by atoms with van der Waals surface area (Å²) in [6.45, 7) is -0.508. The van der Waals surface area contributed by atoms with E-state index in [0.29, 0.717) is 5.69 Å². The second-order valence-electron chi connectivity index (χ2n) is 4.52. The summed E-state index contributed by atoms with van der Waals surface area (Å²) in [6.07, 6.45) is 0. The Balaban J connectivity index is 1.96. The fourth-order valence-corrected chi connectivity index (χ4v) is 1.76. The summed E-state index contributed by atoms with van der Waals surface area (Å²) in [5, 5.41) is 13.3. The third-order valence-electron chi connectivity index (χ3n) is 2.85. The van der Waals surface area contributed by atoms with E-state index < -0.39 is 29.1 Å². The summed E-state index contributed by atoms with van der Waals surface area (Å²) in [5.41, 5.74) is 5.49. The largest absolute Gasteiger partial charge is 0.452 e. The number of nitrogens with one attached hydrogen (secondary N) is 1. The Bertz CT molecular complexity index is 746. The molecule has 2 aromatic rings. The zero-order valence-corrected chi connectivity index (χ0v) is 11.9. The second kappa shape index (κ2) is 7.03. The first-order chi connectivity index (χ1) is 11.0. The fourth-order valence-electron chi connectivity index (χ4n) is 1.76. The van der Waals surface area contributed by atoms with E-state index >= 15 is 0 Å². The van der Waals surface area contributed by atoms with Gasteiger partial charge < -0.3 is 15.8 Å². The highest BCUT2D eigenvalue weighted by atomic mass is 16.6. The van der Waals surface area contributed by atoms with Crippen molar-refractivity contribution in [1.82, 2.24) is 0 Å². The van der Waals surface area contributed by atoms with Crippen LogP contribution in [0.4, 0.5) is 17.1 Å². The van der Waals surface area contributed by atoms with Gasteiger partial charge in [0, 0.05) is 11.8 Å². The van der Waals surface area contributed by atoms with Crippen LogP contribution in [-0.2, 0) is 9.53 Å². The Morgan fingerprint density at radius 3 is 2.52 bits per heavy atom. The van der Waals surface area contributed by atoms with Crippen LogP contribution in [-0.4, -0.2) is 23.4 Å². The first-order valence-corrected chi connectivity index (χ1v) is 6.53. The van der Waals surface area contributed by atoms with Gasteiger partial charge in [-0.2, -0.15) is 0 Å². The summed E-state index contributed by atoms with van der Waals surface area (Å²) in [7, 11) is 0. The first kappa shape index (κ1) is 16.0. The number of rotatable bonds is 5. The lowest BCUT2D eigenvalue weighted by Crippen LogP contribution is -2.21. The number of hydrogen-bond acceptors (Lipinski definition) is 6. The van der Waals surface area contributed by atoms with Crippen LogP contribution in [0.3, 0.4) is 0 Å². The molecule has 0 bridgehead atoms. The molecule has 0 radical (unpaired) electrons. The molecule has 0 aliphatic rings. The summed E-state index contributed by atoms with van der Waals surface area (Å²) < 4.78 is 4.82. The van der Waals surface area contributed by atoms with E-state index in [0.717, 1.165) is 6.07 Å². The lowest BCUT2D eigenvalue weighted by molar-refractivity contribution is -0.383. The highest BCUT2D eigenvalue weighted by molar-refractivity contribution is 5.96. The molecule has 0 atom stereocenters. The Hall–Kier alpha value is -3.42. The zero-order chi connectivity index (χ0) is 16.8. The van der Waals surface area contributed by atoms with E-state index in [1.54, 1.807) is 30.3 Å². The lowest BCUT2D eigenvalue weighted by atomic mass is 10.2. The van der Waals surface area contributed by atoms with Crippen LogP contribution in [0.15, 0.2) is 48.5 Å². The molecule has 0 saturated carbocycles. The number of nitrogens with two attached hydrogens (primary N) is 1. The molecule has 8 heteroatoms. The third kappa shape index (κ3) is 4.27. The minimum atomic E-state index is -0.851. The van der Waals surface area contributed by atoms with Crippen LogP contribution in [0.5, 0.6) is 0 Å². The molecule has 0 aliphatic carbocycles. The fraction of sp³-hybridized carbons (Fsp3) is 0.0667. The van der Waals surface area contributed by atoms with E-state index in [1.165, 1.54) is 12.1 Å². The summed E-state index contributed by atoms with van der Waals surface area (Å²) in [4.78, 5) is 33.6. The zero-order valence-electron chi connectivity index (χ0n) is 11.9. The predicted octanol–water partition coefficient (Wildman–Crippen LogP) is 1.97. The predicted molar refractivity (Wildman–Crippen MR) is 82.9 cm³/mol. The highest BCUT2D eigenvalue weighted by Gasteiger charge is 2.17. The molecule has 2 rings (SSSR count). The van der Waals surface area contributed by atoms with Gasteiger partial charge in [0.05, 0.1) is 10.5 Å². The Morgan fingerprint density at radius 2 is 1.87 bits per heavy atom. The molecule has 0 fully saturated rings. The molecule has 23 heavy (non-hydrogen) atoms. The SMILES string of the molecule is Nc1ccc(C(=O)OCC(=O)Nc2ccccc2)cc1[N+](=O)[O-]. The van der Waals surface area contributed by atoms with E-state index in [9.17, 15) is 19.7 Å². The van der Waals surface area contributed by atoms with Crippen LogP contribution in [0.25, 0.3) is 0 Å². The maximum absolute atomic E-state index is 11.8. The van der Waals surface area contributed by atoms with Gasteiger partial charge in [-0.1, -0.05) is 18.2 Å². The van der Waals surface area contributed by atoms with Crippen LogP contribution < -0.4 is 11.1 Å². The summed E-state index contributed by atoms with van der Waals surface area (Å²) >= 11 is 0. The van der Waals surface area contributed by atoms with Crippen molar-refractivity contribution in [2.75, 3.05) is 17.7 Å². The van der Waals surface area contributed by atoms with Crippen LogP contribution >= 0.6 is 0 Å². The number of hydrogen-bond donors (Lipinski definition) is 2. The van der Waals surface area contributed by atoms with Gasteiger partial charge in [-0.3, -0.25) is 14.9 Å². The van der Waals surface area contributed by atoms with Gasteiger partial charge in [0.25, 0.3) is 11.6 Å². The number of nitrogen functional groups attached to an aromatic ring is 1. The average Bonchev–Trinajstić information content (AvgIpc) is 2.53. The molecule has 8 nitrogen and oxygen atoms in total. The number of nitro benzene ring substituents is 1. The quantitative estimate of drug-likeness (QED) is 0.376. The van der Waals surface area contributed by atoms with E-state index in [4.69, 9.17) is 10.5 Å². The van der Waals surface area contributed by atoms with Crippen LogP contribution in [0, 0.1) is 10.1 Å². The normalized spacial score (nSPS) is 9.91. The van der Waals surface area contributed by atoms with Gasteiger partial charge in [0.15, 0.2) is 6.61 Å². The molecule has 118 valence electrons. The Morgan fingerprint density at radius 1 is 1.17 bits per heavy atom. The van der Waals surface area contributed by atoms with Crippen LogP contribution in [0.2, 0.25) is 0 Å². The van der Waals surface area contributed by atoms with E-state index in [-0.39, 0.29) is 11.3 Å². The first-order valence-electron chi connectivity index (χ1n) is 6.53. The van der Waals surface area contributed by atoms with Gasteiger partial charge in [-0.25, -0.2) is 4.79 Å². The molecule has 2 aromatic carbocycles. The number of carbonyl (C=O) groups excluding carboxylic acids is 2. The van der Waals surface area contributed by atoms with Gasteiger partial charge in [-0.05, 0) is 24.3 Å². The van der Waals surface area contributed by atoms with Crippen molar-refractivity contribution in [3.05, 3.63) is 64.2 Å². The molecule has 0 spiro atoms. The van der Waals surface area contributed by atoms with Crippen molar-refractivity contribution in [2.45, 2.75) is 0 Å². The lowest BCUT2D eigenvalue weighted by Gasteiger charge is -2.07. The van der Waals surface area contributed by atoms with E-state index in [1.807, 2.05) is 0 Å². The second-order valence-corrected chi connectivity index (χ2v) is 4.52. The minimum Gasteiger partial charge on any atom is -0.452 e. The topological polar surface area (TPSA) is 125 Å².